The average Bonchev–Trinajstić information content (AvgIpc) is 3.00. The monoisotopic (exact) mass is 383 g/mol. The molecule has 2 aliphatic carbocycles. The fourth-order valence-corrected chi connectivity index (χ4v) is 4.56. The molecule has 0 amide bonds. The lowest BCUT2D eigenvalue weighted by atomic mass is 9.85. The topological polar surface area (TPSA) is 129 Å². The van der Waals surface area contributed by atoms with Crippen LogP contribution in [0.15, 0.2) is 36.9 Å². The zero-order valence-electron chi connectivity index (χ0n) is 15.3. The Morgan fingerprint density at radius 2 is 2.00 bits per heavy atom. The molecule has 5 rings (SSSR count). The van der Waals surface area contributed by atoms with Crippen molar-refractivity contribution >= 4 is 17.0 Å². The smallest absolute Gasteiger partial charge is 0.165 e. The molecule has 3 aromatic rings. The van der Waals surface area contributed by atoms with Crippen LogP contribution in [0.1, 0.15) is 11.6 Å². The van der Waals surface area contributed by atoms with Crippen molar-refractivity contribution in [2.75, 3.05) is 19.5 Å². The van der Waals surface area contributed by atoms with Gasteiger partial charge in [0.1, 0.15) is 29.3 Å². The highest BCUT2D eigenvalue weighted by atomic mass is 16.5. The van der Waals surface area contributed by atoms with Crippen molar-refractivity contribution in [1.82, 2.24) is 19.5 Å². The molecule has 4 N–H and O–H groups in total. The molecule has 2 saturated carbocycles. The van der Waals surface area contributed by atoms with Crippen LogP contribution in [0, 0.1) is 11.8 Å². The van der Waals surface area contributed by atoms with Gasteiger partial charge in [-0.25, -0.2) is 15.0 Å². The van der Waals surface area contributed by atoms with E-state index in [1.165, 1.54) is 6.33 Å². The van der Waals surface area contributed by atoms with Crippen LogP contribution in [0.4, 0.5) is 5.82 Å². The van der Waals surface area contributed by atoms with E-state index in [0.717, 1.165) is 11.3 Å². The summed E-state index contributed by atoms with van der Waals surface area (Å²) in [6.45, 7) is 0.242. The molecule has 1 aromatic carbocycles. The number of aliphatic hydroxyl groups is 2. The van der Waals surface area contributed by atoms with Crippen molar-refractivity contribution in [2.24, 2.45) is 11.8 Å². The van der Waals surface area contributed by atoms with Crippen LogP contribution >= 0.6 is 0 Å². The standard InChI is InChI=1S/C19H21N5O4/c1-27-11-4-2-10(3-5-11)7-28-16-15(13-12(6-25)19(13,16)26)24-9-23-14-17(20)21-8-22-18(14)24/h2-5,8-9,12-13,15-16,25-26H,6-7H2,1H3,(H2,20,21,22)/t12-,13?,15+,16?,19+/m0/s1. The Bertz CT molecular complexity index is 1020. The van der Waals surface area contributed by atoms with E-state index in [-0.39, 0.29) is 24.5 Å². The minimum Gasteiger partial charge on any atom is -0.497 e. The number of imidazole rings is 1. The van der Waals surface area contributed by atoms with Gasteiger partial charge in [-0.3, -0.25) is 0 Å². The number of hydrogen-bond acceptors (Lipinski definition) is 8. The summed E-state index contributed by atoms with van der Waals surface area (Å²) in [5.41, 5.74) is 6.95. The number of nitrogens with two attached hydrogens (primary N) is 1. The van der Waals surface area contributed by atoms with Gasteiger partial charge in [0.25, 0.3) is 0 Å². The Balaban J connectivity index is 1.42. The summed E-state index contributed by atoms with van der Waals surface area (Å²) in [7, 11) is 1.62. The molecular weight excluding hydrogens is 362 g/mol. The maximum atomic E-state index is 11.0. The summed E-state index contributed by atoms with van der Waals surface area (Å²) < 4.78 is 13.2. The van der Waals surface area contributed by atoms with E-state index < -0.39 is 11.7 Å². The number of hydrogen-bond donors (Lipinski definition) is 3. The van der Waals surface area contributed by atoms with Crippen molar-refractivity contribution in [3.8, 4) is 5.75 Å². The number of aromatic nitrogens is 4. The summed E-state index contributed by atoms with van der Waals surface area (Å²) in [5.74, 6) is 0.749. The molecule has 146 valence electrons. The van der Waals surface area contributed by atoms with Gasteiger partial charge in [-0.2, -0.15) is 0 Å². The molecule has 2 heterocycles. The maximum Gasteiger partial charge on any atom is 0.165 e. The van der Waals surface area contributed by atoms with Gasteiger partial charge >= 0.3 is 0 Å². The summed E-state index contributed by atoms with van der Waals surface area (Å²) >= 11 is 0. The molecule has 9 nitrogen and oxygen atoms in total. The SMILES string of the molecule is COc1ccc(COC2[C@H](n3cnc4c(N)ncnc43)C3[C@H](CO)[C@]23O)cc1. The molecule has 5 atom stereocenters. The van der Waals surface area contributed by atoms with Gasteiger partial charge in [-0.05, 0) is 17.7 Å². The average molecular weight is 383 g/mol. The third-order valence-corrected chi connectivity index (χ3v) is 6.08. The minimum atomic E-state index is -1.03. The summed E-state index contributed by atoms with van der Waals surface area (Å²) in [4.78, 5) is 12.6. The van der Waals surface area contributed by atoms with E-state index in [0.29, 0.717) is 23.6 Å². The highest BCUT2D eigenvalue weighted by Crippen LogP contribution is 2.71. The third-order valence-electron chi connectivity index (χ3n) is 6.08. The largest absolute Gasteiger partial charge is 0.497 e. The lowest BCUT2D eigenvalue weighted by Crippen LogP contribution is -2.51. The van der Waals surface area contributed by atoms with E-state index in [4.69, 9.17) is 15.2 Å². The van der Waals surface area contributed by atoms with E-state index in [1.54, 1.807) is 13.4 Å². The van der Waals surface area contributed by atoms with Crippen molar-refractivity contribution < 1.29 is 19.7 Å². The van der Waals surface area contributed by atoms with Crippen LogP contribution in [0.2, 0.25) is 0 Å². The second kappa shape index (κ2) is 6.13. The second-order valence-electron chi connectivity index (χ2n) is 7.36. The van der Waals surface area contributed by atoms with Gasteiger partial charge in [0.15, 0.2) is 11.5 Å². The zero-order chi connectivity index (χ0) is 19.5. The molecule has 9 heteroatoms. The number of rotatable bonds is 6. The molecular formula is C19H21N5O4. The fourth-order valence-electron chi connectivity index (χ4n) is 4.56. The predicted molar refractivity (Wildman–Crippen MR) is 99.4 cm³/mol. The van der Waals surface area contributed by atoms with Gasteiger partial charge in [0.05, 0.1) is 26.1 Å². The molecule has 2 unspecified atom stereocenters. The van der Waals surface area contributed by atoms with Gasteiger partial charge < -0.3 is 30.0 Å². The Hall–Kier alpha value is -2.75. The number of aliphatic hydroxyl groups excluding tert-OH is 1. The number of methoxy groups -OCH3 is 1. The molecule has 2 fully saturated rings. The molecule has 0 saturated heterocycles. The highest BCUT2D eigenvalue weighted by Gasteiger charge is 2.82. The first-order valence-corrected chi connectivity index (χ1v) is 9.10. The van der Waals surface area contributed by atoms with E-state index in [9.17, 15) is 10.2 Å². The molecule has 0 aliphatic heterocycles. The van der Waals surface area contributed by atoms with Crippen molar-refractivity contribution in [1.29, 1.82) is 0 Å². The number of ether oxygens (including phenoxy) is 2. The van der Waals surface area contributed by atoms with E-state index in [2.05, 4.69) is 15.0 Å². The van der Waals surface area contributed by atoms with Gasteiger partial charge in [0.2, 0.25) is 0 Å². The van der Waals surface area contributed by atoms with Crippen LogP contribution < -0.4 is 10.5 Å². The minimum absolute atomic E-state index is 0.0934. The molecule has 0 bridgehead atoms. The third kappa shape index (κ3) is 2.27. The van der Waals surface area contributed by atoms with Crippen LogP contribution in [-0.4, -0.2) is 55.2 Å². The fraction of sp³-hybridized carbons (Fsp3) is 0.421. The number of fused-ring (bicyclic) bond motifs is 2. The van der Waals surface area contributed by atoms with E-state index in [1.807, 2.05) is 28.8 Å². The summed E-state index contributed by atoms with van der Waals surface area (Å²) in [6, 6.07) is 7.39. The Morgan fingerprint density at radius 1 is 1.21 bits per heavy atom. The van der Waals surface area contributed by atoms with Gasteiger partial charge in [-0.15, -0.1) is 0 Å². The predicted octanol–water partition coefficient (Wildman–Crippen LogP) is 0.527. The molecule has 0 spiro atoms. The lowest BCUT2D eigenvalue weighted by Gasteiger charge is -2.41. The lowest BCUT2D eigenvalue weighted by molar-refractivity contribution is -0.150. The number of anilines is 1. The first kappa shape index (κ1) is 17.4. The molecule has 28 heavy (non-hydrogen) atoms. The highest BCUT2D eigenvalue weighted by molar-refractivity contribution is 5.81. The summed E-state index contributed by atoms with van der Waals surface area (Å²) in [6.07, 6.45) is 2.56. The van der Waals surface area contributed by atoms with Crippen molar-refractivity contribution in [3.63, 3.8) is 0 Å². The van der Waals surface area contributed by atoms with Crippen LogP contribution in [-0.2, 0) is 11.3 Å². The van der Waals surface area contributed by atoms with Gasteiger partial charge in [-0.1, -0.05) is 12.1 Å². The Morgan fingerprint density at radius 3 is 2.71 bits per heavy atom. The number of benzene rings is 1. The zero-order valence-corrected chi connectivity index (χ0v) is 15.3. The number of nitrogen functional groups attached to an aromatic ring is 1. The van der Waals surface area contributed by atoms with E-state index >= 15 is 0 Å². The van der Waals surface area contributed by atoms with Crippen molar-refractivity contribution in [3.05, 3.63) is 42.5 Å². The second-order valence-corrected chi connectivity index (χ2v) is 7.36. The first-order valence-electron chi connectivity index (χ1n) is 9.10. The first-order chi connectivity index (χ1) is 13.6. The van der Waals surface area contributed by atoms with Crippen molar-refractivity contribution in [2.45, 2.75) is 24.4 Å². The van der Waals surface area contributed by atoms with Crippen LogP contribution in [0.3, 0.4) is 0 Å². The normalized spacial score (nSPS) is 30.7. The van der Waals surface area contributed by atoms with Crippen LogP contribution in [0.5, 0.6) is 5.75 Å². The summed E-state index contributed by atoms with van der Waals surface area (Å²) in [5, 5.41) is 20.7. The quantitative estimate of drug-likeness (QED) is 0.562. The van der Waals surface area contributed by atoms with Crippen LogP contribution in [0.25, 0.3) is 11.2 Å². The Labute approximate surface area is 160 Å². The number of nitrogens with zero attached hydrogens (tertiary/aromatic N) is 4. The Kier molecular flexibility index (Phi) is 3.80. The molecule has 0 radical (unpaired) electrons. The molecule has 2 aliphatic rings. The maximum absolute atomic E-state index is 11.0. The van der Waals surface area contributed by atoms with Gasteiger partial charge in [0, 0.05) is 18.4 Å². The molecule has 2 aromatic heterocycles.